The molecule has 7 nitrogen and oxygen atoms in total. The third-order valence-corrected chi connectivity index (χ3v) is 5.98. The van der Waals surface area contributed by atoms with Gasteiger partial charge in [0.2, 0.25) is 0 Å². The van der Waals surface area contributed by atoms with Crippen LogP contribution in [0.1, 0.15) is 32.6 Å². The number of hydrogen-bond donors (Lipinski definition) is 2. The molecular weight excluding hydrogens is 272 g/mol. The van der Waals surface area contributed by atoms with E-state index in [9.17, 15) is 18.3 Å². The van der Waals surface area contributed by atoms with E-state index in [4.69, 9.17) is 5.11 Å². The number of rotatable bonds is 3. The van der Waals surface area contributed by atoms with Crippen molar-refractivity contribution in [2.75, 3.05) is 13.1 Å². The minimum Gasteiger partial charge on any atom is -0.480 e. The first-order valence-electron chi connectivity index (χ1n) is 6.53. The molecule has 0 amide bonds. The standard InChI is InChI=1S/C11H20N2O5S/c1-8-4-2-3-5-12(8)19(17,18)13-7-9(14)6-10(13)11(15)16/h8-10,14H,2-7H2,1H3,(H,15,16)/t8?,9-,10+/m1/s1. The number of carboxylic acid groups (broad SMARTS) is 1. The van der Waals surface area contributed by atoms with Gasteiger partial charge in [-0.25, -0.2) is 0 Å². The Kier molecular flexibility index (Phi) is 4.14. The lowest BCUT2D eigenvalue weighted by molar-refractivity contribution is -0.140. The van der Waals surface area contributed by atoms with Crippen LogP contribution in [-0.2, 0) is 15.0 Å². The lowest BCUT2D eigenvalue weighted by Crippen LogP contribution is -2.52. The minimum atomic E-state index is -3.81. The molecule has 8 heteroatoms. The number of aliphatic carboxylic acids is 1. The van der Waals surface area contributed by atoms with E-state index in [-0.39, 0.29) is 19.0 Å². The predicted octanol–water partition coefficient (Wildman–Crippen LogP) is -0.375. The normalized spacial score (nSPS) is 34.5. The average Bonchev–Trinajstić information content (AvgIpc) is 2.72. The summed E-state index contributed by atoms with van der Waals surface area (Å²) in [6.45, 7) is 2.12. The molecule has 2 rings (SSSR count). The molecule has 1 unspecified atom stereocenters. The molecule has 0 aromatic rings. The van der Waals surface area contributed by atoms with Gasteiger partial charge in [-0.05, 0) is 19.8 Å². The fourth-order valence-electron chi connectivity index (χ4n) is 2.81. The first kappa shape index (κ1) is 14.7. The Bertz CT molecular complexity index is 452. The van der Waals surface area contributed by atoms with Crippen molar-refractivity contribution < 1.29 is 23.4 Å². The maximum absolute atomic E-state index is 12.5. The Hall–Kier alpha value is -0.700. The summed E-state index contributed by atoms with van der Waals surface area (Å²) in [5, 5.41) is 18.7. The van der Waals surface area contributed by atoms with E-state index in [1.54, 1.807) is 0 Å². The second-order valence-corrected chi connectivity index (χ2v) is 7.11. The van der Waals surface area contributed by atoms with Gasteiger partial charge in [0.25, 0.3) is 10.2 Å². The molecule has 0 spiro atoms. The van der Waals surface area contributed by atoms with Gasteiger partial charge in [-0.2, -0.15) is 17.0 Å². The molecule has 2 N–H and O–H groups in total. The van der Waals surface area contributed by atoms with Crippen molar-refractivity contribution in [3.05, 3.63) is 0 Å². The number of hydrogen-bond acceptors (Lipinski definition) is 4. The lowest BCUT2D eigenvalue weighted by atomic mass is 10.1. The Morgan fingerprint density at radius 2 is 1.95 bits per heavy atom. The molecule has 0 aromatic carbocycles. The third kappa shape index (κ3) is 2.76. The summed E-state index contributed by atoms with van der Waals surface area (Å²) in [6, 6.07) is -1.28. The maximum atomic E-state index is 12.5. The van der Waals surface area contributed by atoms with Crippen LogP contribution in [0.4, 0.5) is 0 Å². The second kappa shape index (κ2) is 5.35. The predicted molar refractivity (Wildman–Crippen MR) is 67.7 cm³/mol. The summed E-state index contributed by atoms with van der Waals surface area (Å²) < 4.78 is 27.4. The molecule has 0 bridgehead atoms. The molecule has 2 fully saturated rings. The molecule has 110 valence electrons. The first-order chi connectivity index (χ1) is 8.84. The highest BCUT2D eigenvalue weighted by molar-refractivity contribution is 7.86. The van der Waals surface area contributed by atoms with Gasteiger partial charge in [-0.15, -0.1) is 0 Å². The molecule has 19 heavy (non-hydrogen) atoms. The highest BCUT2D eigenvalue weighted by Gasteiger charge is 2.46. The number of carbonyl (C=O) groups is 1. The van der Waals surface area contributed by atoms with Crippen molar-refractivity contribution in [3.8, 4) is 0 Å². The van der Waals surface area contributed by atoms with Gasteiger partial charge in [0.05, 0.1) is 6.10 Å². The van der Waals surface area contributed by atoms with Crippen LogP contribution in [0, 0.1) is 0 Å². The van der Waals surface area contributed by atoms with Crippen molar-refractivity contribution in [2.45, 2.75) is 50.8 Å². The Morgan fingerprint density at radius 3 is 2.53 bits per heavy atom. The highest BCUT2D eigenvalue weighted by atomic mass is 32.2. The van der Waals surface area contributed by atoms with Crippen molar-refractivity contribution in [1.29, 1.82) is 0 Å². The number of aliphatic hydroxyl groups is 1. The first-order valence-corrected chi connectivity index (χ1v) is 7.93. The number of aliphatic hydroxyl groups excluding tert-OH is 1. The number of piperidine rings is 1. The van der Waals surface area contributed by atoms with Crippen LogP contribution in [0.3, 0.4) is 0 Å². The van der Waals surface area contributed by atoms with E-state index in [0.29, 0.717) is 6.54 Å². The molecule has 0 saturated carbocycles. The smallest absolute Gasteiger partial charge is 0.322 e. The molecule has 2 saturated heterocycles. The number of carboxylic acids is 1. The van der Waals surface area contributed by atoms with E-state index >= 15 is 0 Å². The van der Waals surface area contributed by atoms with Crippen LogP contribution in [0.25, 0.3) is 0 Å². The van der Waals surface area contributed by atoms with Gasteiger partial charge >= 0.3 is 5.97 Å². The van der Waals surface area contributed by atoms with E-state index in [1.807, 2.05) is 6.92 Å². The fraction of sp³-hybridized carbons (Fsp3) is 0.909. The van der Waals surface area contributed by atoms with E-state index < -0.39 is 28.3 Å². The van der Waals surface area contributed by atoms with Gasteiger partial charge in [0.1, 0.15) is 6.04 Å². The Labute approximate surface area is 113 Å². The molecule has 0 radical (unpaired) electrons. The zero-order valence-corrected chi connectivity index (χ0v) is 11.7. The number of β-amino-alcohol motifs (C(OH)–C–C–N with tert-alkyl or cyclic N) is 1. The third-order valence-electron chi connectivity index (χ3n) is 3.85. The van der Waals surface area contributed by atoms with Crippen molar-refractivity contribution in [3.63, 3.8) is 0 Å². The molecule has 2 heterocycles. The van der Waals surface area contributed by atoms with Gasteiger partial charge in [-0.3, -0.25) is 4.79 Å². The van der Waals surface area contributed by atoms with Crippen LogP contribution in [0.5, 0.6) is 0 Å². The highest BCUT2D eigenvalue weighted by Crippen LogP contribution is 2.28. The van der Waals surface area contributed by atoms with E-state index in [0.717, 1.165) is 23.6 Å². The zero-order chi connectivity index (χ0) is 14.2. The second-order valence-electron chi connectivity index (χ2n) is 5.28. The Balaban J connectivity index is 2.25. The van der Waals surface area contributed by atoms with Crippen LogP contribution in [0.2, 0.25) is 0 Å². The van der Waals surface area contributed by atoms with E-state index in [2.05, 4.69) is 0 Å². The summed E-state index contributed by atoms with van der Waals surface area (Å²) >= 11 is 0. The summed E-state index contributed by atoms with van der Waals surface area (Å²) in [5.74, 6) is -1.20. The van der Waals surface area contributed by atoms with Crippen LogP contribution in [0.15, 0.2) is 0 Å². The SMILES string of the molecule is CC1CCCCN1S(=O)(=O)N1C[C@H](O)C[C@H]1C(=O)O. The minimum absolute atomic E-state index is 0.0449. The van der Waals surface area contributed by atoms with Crippen molar-refractivity contribution in [1.82, 2.24) is 8.61 Å². The van der Waals surface area contributed by atoms with Gasteiger partial charge in [0.15, 0.2) is 0 Å². The number of nitrogens with zero attached hydrogens (tertiary/aromatic N) is 2. The van der Waals surface area contributed by atoms with Crippen LogP contribution < -0.4 is 0 Å². The largest absolute Gasteiger partial charge is 0.480 e. The maximum Gasteiger partial charge on any atom is 0.322 e. The van der Waals surface area contributed by atoms with Gasteiger partial charge < -0.3 is 10.2 Å². The Morgan fingerprint density at radius 1 is 1.26 bits per heavy atom. The van der Waals surface area contributed by atoms with Gasteiger partial charge in [0, 0.05) is 25.6 Å². The summed E-state index contributed by atoms with van der Waals surface area (Å²) in [4.78, 5) is 11.1. The monoisotopic (exact) mass is 292 g/mol. The van der Waals surface area contributed by atoms with Crippen LogP contribution >= 0.6 is 0 Å². The molecule has 0 aromatic heterocycles. The lowest BCUT2D eigenvalue weighted by Gasteiger charge is -2.36. The summed E-state index contributed by atoms with van der Waals surface area (Å²) in [7, 11) is -3.81. The molecule has 3 atom stereocenters. The summed E-state index contributed by atoms with van der Waals surface area (Å²) in [6.07, 6.45) is 1.61. The van der Waals surface area contributed by atoms with E-state index in [1.165, 1.54) is 4.31 Å². The van der Waals surface area contributed by atoms with Gasteiger partial charge in [-0.1, -0.05) is 6.42 Å². The van der Waals surface area contributed by atoms with Crippen molar-refractivity contribution >= 4 is 16.2 Å². The molecule has 2 aliphatic heterocycles. The fourth-order valence-corrected chi connectivity index (χ4v) is 4.86. The quantitative estimate of drug-likeness (QED) is 0.739. The zero-order valence-electron chi connectivity index (χ0n) is 10.9. The molecular formula is C11H20N2O5S. The molecule has 2 aliphatic rings. The molecule has 0 aliphatic carbocycles. The van der Waals surface area contributed by atoms with Crippen LogP contribution in [-0.4, -0.2) is 64.5 Å². The topological polar surface area (TPSA) is 98.2 Å². The average molecular weight is 292 g/mol. The van der Waals surface area contributed by atoms with Crippen molar-refractivity contribution in [2.24, 2.45) is 0 Å². The summed E-state index contributed by atoms with van der Waals surface area (Å²) in [5.41, 5.74) is 0.